The maximum Gasteiger partial charge on any atom is 0.162 e. The minimum absolute atomic E-state index is 0.220. The smallest absolute Gasteiger partial charge is 0.162 e. The first-order valence-electron chi connectivity index (χ1n) is 3.98. The third kappa shape index (κ3) is 2.10. The molecule has 1 rings (SSSR count). The molecular formula is C9H8N4O2. The minimum atomic E-state index is 0.220. The van der Waals surface area contributed by atoms with Crippen LogP contribution in [0.1, 0.15) is 5.56 Å². The highest BCUT2D eigenvalue weighted by Gasteiger charge is 2.09. The van der Waals surface area contributed by atoms with Crippen molar-refractivity contribution in [3.8, 4) is 17.6 Å². The molecule has 15 heavy (non-hydrogen) atoms. The third-order valence-corrected chi connectivity index (χ3v) is 1.77. The fourth-order valence-corrected chi connectivity index (χ4v) is 1.09. The number of nitriles is 1. The van der Waals surface area contributed by atoms with E-state index in [0.717, 1.165) is 0 Å². The van der Waals surface area contributed by atoms with Crippen molar-refractivity contribution in [2.75, 3.05) is 14.2 Å². The van der Waals surface area contributed by atoms with Gasteiger partial charge in [-0.25, -0.2) is 0 Å². The molecule has 0 atom stereocenters. The highest BCUT2D eigenvalue weighted by Crippen LogP contribution is 2.34. The van der Waals surface area contributed by atoms with E-state index >= 15 is 0 Å². The zero-order valence-corrected chi connectivity index (χ0v) is 8.26. The van der Waals surface area contributed by atoms with Gasteiger partial charge in [-0.15, -0.1) is 0 Å². The lowest BCUT2D eigenvalue weighted by Crippen LogP contribution is -1.91. The minimum Gasteiger partial charge on any atom is -0.493 e. The Hall–Kier alpha value is -2.38. The average molecular weight is 204 g/mol. The van der Waals surface area contributed by atoms with Crippen molar-refractivity contribution in [2.45, 2.75) is 0 Å². The van der Waals surface area contributed by atoms with E-state index in [1.54, 1.807) is 0 Å². The van der Waals surface area contributed by atoms with Gasteiger partial charge < -0.3 is 9.47 Å². The van der Waals surface area contributed by atoms with Crippen LogP contribution in [0.25, 0.3) is 10.4 Å². The van der Waals surface area contributed by atoms with Gasteiger partial charge in [0.05, 0.1) is 31.5 Å². The Balaban J connectivity index is 3.41. The molecule has 0 fully saturated rings. The van der Waals surface area contributed by atoms with Crippen LogP contribution < -0.4 is 9.47 Å². The summed E-state index contributed by atoms with van der Waals surface area (Å²) >= 11 is 0. The van der Waals surface area contributed by atoms with Crippen molar-refractivity contribution in [1.82, 2.24) is 0 Å². The van der Waals surface area contributed by atoms with Gasteiger partial charge >= 0.3 is 0 Å². The Morgan fingerprint density at radius 2 is 1.93 bits per heavy atom. The number of hydrogen-bond donors (Lipinski definition) is 0. The molecular weight excluding hydrogens is 196 g/mol. The topological polar surface area (TPSA) is 91.0 Å². The summed E-state index contributed by atoms with van der Waals surface area (Å²) in [5, 5.41) is 12.2. The maximum absolute atomic E-state index is 8.80. The van der Waals surface area contributed by atoms with Crippen molar-refractivity contribution < 1.29 is 9.47 Å². The molecule has 0 spiro atoms. The van der Waals surface area contributed by atoms with E-state index in [9.17, 15) is 0 Å². The van der Waals surface area contributed by atoms with E-state index in [1.807, 2.05) is 6.07 Å². The number of hydrogen-bond acceptors (Lipinski definition) is 4. The lowest BCUT2D eigenvalue weighted by molar-refractivity contribution is 0.355. The molecule has 76 valence electrons. The van der Waals surface area contributed by atoms with Crippen LogP contribution in [-0.4, -0.2) is 14.2 Å². The zero-order chi connectivity index (χ0) is 11.3. The number of methoxy groups -OCH3 is 2. The molecule has 0 N–H and O–H groups in total. The van der Waals surface area contributed by atoms with Crippen LogP contribution in [0.4, 0.5) is 5.69 Å². The van der Waals surface area contributed by atoms with Gasteiger partial charge in [0, 0.05) is 11.0 Å². The van der Waals surface area contributed by atoms with Gasteiger partial charge in [0.25, 0.3) is 0 Å². The molecule has 0 radical (unpaired) electrons. The molecule has 0 saturated carbocycles. The van der Waals surface area contributed by atoms with Gasteiger partial charge in [-0.1, -0.05) is 5.11 Å². The number of nitrogens with zero attached hydrogens (tertiary/aromatic N) is 4. The summed E-state index contributed by atoms with van der Waals surface area (Å²) in [6.45, 7) is 0. The first kappa shape index (κ1) is 10.7. The van der Waals surface area contributed by atoms with Gasteiger partial charge in [0.1, 0.15) is 0 Å². The summed E-state index contributed by atoms with van der Waals surface area (Å²) in [6, 6.07) is 4.82. The molecule has 0 unspecified atom stereocenters. The largest absolute Gasteiger partial charge is 0.493 e. The predicted molar refractivity (Wildman–Crippen MR) is 53.1 cm³/mol. The van der Waals surface area contributed by atoms with E-state index in [4.69, 9.17) is 20.3 Å². The third-order valence-electron chi connectivity index (χ3n) is 1.77. The number of ether oxygens (including phenoxy) is 2. The summed E-state index contributed by atoms with van der Waals surface area (Å²) in [6.07, 6.45) is 0. The molecule has 1 aromatic rings. The lowest BCUT2D eigenvalue weighted by Gasteiger charge is -2.08. The van der Waals surface area contributed by atoms with Crippen molar-refractivity contribution in [3.63, 3.8) is 0 Å². The normalized spacial score (nSPS) is 8.60. The van der Waals surface area contributed by atoms with Crippen LogP contribution in [0.3, 0.4) is 0 Å². The standard InChI is InChI=1S/C9H8N4O2/c1-14-8-3-6(5-10)7(12-13-11)4-9(8)15-2/h3-4H,1-2H3. The molecule has 0 aliphatic rings. The summed E-state index contributed by atoms with van der Waals surface area (Å²) in [7, 11) is 2.93. The summed E-state index contributed by atoms with van der Waals surface area (Å²) in [4.78, 5) is 2.62. The Labute approximate surface area is 86.3 Å². The second kappa shape index (κ2) is 4.74. The van der Waals surface area contributed by atoms with E-state index in [1.165, 1.54) is 26.4 Å². The van der Waals surface area contributed by atoms with Crippen molar-refractivity contribution in [1.29, 1.82) is 5.26 Å². The second-order valence-corrected chi connectivity index (χ2v) is 2.53. The Morgan fingerprint density at radius 1 is 1.33 bits per heavy atom. The van der Waals surface area contributed by atoms with Crippen molar-refractivity contribution >= 4 is 5.69 Å². The monoisotopic (exact) mass is 204 g/mol. The quantitative estimate of drug-likeness (QED) is 0.430. The van der Waals surface area contributed by atoms with Crippen LogP contribution in [0.2, 0.25) is 0 Å². The van der Waals surface area contributed by atoms with Crippen LogP contribution in [0, 0.1) is 11.3 Å². The Morgan fingerprint density at radius 3 is 2.40 bits per heavy atom. The predicted octanol–water partition coefficient (Wildman–Crippen LogP) is 2.52. The number of benzene rings is 1. The van der Waals surface area contributed by atoms with Crippen LogP contribution in [0.5, 0.6) is 11.5 Å². The van der Waals surface area contributed by atoms with E-state index in [2.05, 4.69) is 10.0 Å². The maximum atomic E-state index is 8.80. The highest BCUT2D eigenvalue weighted by molar-refractivity contribution is 5.61. The lowest BCUT2D eigenvalue weighted by atomic mass is 10.2. The van der Waals surface area contributed by atoms with Gasteiger partial charge in [0.15, 0.2) is 11.5 Å². The first-order valence-corrected chi connectivity index (χ1v) is 3.98. The SMILES string of the molecule is COc1cc(C#N)c(N=[N+]=[N-])cc1OC. The average Bonchev–Trinajstić information content (AvgIpc) is 2.28. The summed E-state index contributed by atoms with van der Waals surface area (Å²) in [5.41, 5.74) is 8.77. The van der Waals surface area contributed by atoms with Crippen LogP contribution in [0.15, 0.2) is 17.2 Å². The van der Waals surface area contributed by atoms with Gasteiger partial charge in [-0.2, -0.15) is 5.26 Å². The van der Waals surface area contributed by atoms with E-state index in [0.29, 0.717) is 11.5 Å². The Kier molecular flexibility index (Phi) is 3.38. The van der Waals surface area contributed by atoms with Crippen LogP contribution in [-0.2, 0) is 0 Å². The van der Waals surface area contributed by atoms with E-state index < -0.39 is 0 Å². The number of rotatable bonds is 3. The second-order valence-electron chi connectivity index (χ2n) is 2.53. The highest BCUT2D eigenvalue weighted by atomic mass is 16.5. The molecule has 0 aromatic heterocycles. The molecule has 0 aliphatic heterocycles. The van der Waals surface area contributed by atoms with E-state index in [-0.39, 0.29) is 11.3 Å². The fourth-order valence-electron chi connectivity index (χ4n) is 1.09. The molecule has 6 heteroatoms. The first-order chi connectivity index (χ1) is 7.26. The fraction of sp³-hybridized carbons (Fsp3) is 0.222. The molecule has 0 bridgehead atoms. The number of azide groups is 1. The Bertz CT molecular complexity index is 458. The van der Waals surface area contributed by atoms with Gasteiger partial charge in [0.2, 0.25) is 0 Å². The molecule has 0 heterocycles. The molecule has 1 aromatic carbocycles. The molecule has 0 aliphatic carbocycles. The molecule has 6 nitrogen and oxygen atoms in total. The van der Waals surface area contributed by atoms with Crippen molar-refractivity contribution in [2.24, 2.45) is 5.11 Å². The van der Waals surface area contributed by atoms with Gasteiger partial charge in [-0.3, -0.25) is 0 Å². The molecule has 0 amide bonds. The van der Waals surface area contributed by atoms with Crippen LogP contribution >= 0.6 is 0 Å². The molecule has 0 saturated heterocycles. The summed E-state index contributed by atoms with van der Waals surface area (Å²) in [5.74, 6) is 0.838. The van der Waals surface area contributed by atoms with Gasteiger partial charge in [-0.05, 0) is 11.6 Å². The summed E-state index contributed by atoms with van der Waals surface area (Å²) < 4.78 is 10.0. The van der Waals surface area contributed by atoms with Crippen molar-refractivity contribution in [3.05, 3.63) is 28.1 Å². The zero-order valence-electron chi connectivity index (χ0n) is 8.26.